The lowest BCUT2D eigenvalue weighted by Gasteiger charge is -2.12. The van der Waals surface area contributed by atoms with Gasteiger partial charge in [-0.25, -0.2) is 0 Å². The molecule has 9 nitrogen and oxygen atoms in total. The smallest absolute Gasteiger partial charge is 0.365 e. The summed E-state index contributed by atoms with van der Waals surface area (Å²) in [7, 11) is 0. The van der Waals surface area contributed by atoms with Crippen molar-refractivity contribution in [2.24, 2.45) is 5.73 Å². The fraction of sp³-hybridized carbons (Fsp3) is 0.312. The maximum Gasteiger partial charge on any atom is 0.406 e. The number of alkyl halides is 3. The lowest BCUT2D eigenvalue weighted by atomic mass is 10.1. The Balaban J connectivity index is 2.46. The number of nitrogens with two attached hydrogens (primary N) is 1. The Hall–Kier alpha value is -3.44. The van der Waals surface area contributed by atoms with Crippen LogP contribution in [-0.2, 0) is 13.1 Å². The quantitative estimate of drug-likeness (QED) is 0.448. The topological polar surface area (TPSA) is 130 Å². The molecular weight excluding hydrogens is 385 g/mol. The number of nitrogens with zero attached hydrogens (tertiary/aromatic N) is 3. The Morgan fingerprint density at radius 2 is 1.82 bits per heavy atom. The van der Waals surface area contributed by atoms with Crippen LogP contribution in [0.2, 0.25) is 0 Å². The molecule has 0 bridgehead atoms. The van der Waals surface area contributed by atoms with Gasteiger partial charge in [0.1, 0.15) is 12.1 Å². The maximum absolute atomic E-state index is 12.7. The first kappa shape index (κ1) is 20.9. The molecule has 28 heavy (non-hydrogen) atoms. The molecule has 0 aliphatic rings. The van der Waals surface area contributed by atoms with Crippen LogP contribution < -0.4 is 11.3 Å². The Bertz CT molecular complexity index is 1040. The number of halogens is 3. The van der Waals surface area contributed by atoms with Gasteiger partial charge in [-0.2, -0.15) is 13.2 Å². The van der Waals surface area contributed by atoms with Gasteiger partial charge in [-0.15, -0.1) is 0 Å². The van der Waals surface area contributed by atoms with Crippen molar-refractivity contribution in [1.82, 2.24) is 9.13 Å². The Morgan fingerprint density at radius 3 is 2.32 bits per heavy atom. The van der Waals surface area contributed by atoms with E-state index < -0.39 is 52.7 Å². The summed E-state index contributed by atoms with van der Waals surface area (Å²) in [6.45, 7) is 0.703. The van der Waals surface area contributed by atoms with Gasteiger partial charge >= 0.3 is 6.18 Å². The normalized spacial score (nSPS) is 11.5. The van der Waals surface area contributed by atoms with Crippen molar-refractivity contribution >= 4 is 17.4 Å². The first-order valence-corrected chi connectivity index (χ1v) is 7.77. The minimum Gasteiger partial charge on any atom is -0.365 e. The van der Waals surface area contributed by atoms with Crippen LogP contribution in [-0.4, -0.2) is 31.9 Å². The molecule has 12 heteroatoms. The van der Waals surface area contributed by atoms with Gasteiger partial charge in [-0.1, -0.05) is 0 Å². The SMILES string of the molecule is Cc1cc(C(=O)Cn2cc([N+](=O)[O-])cc(C(N)=O)c2=O)c(C)n1CC(F)(F)F. The molecule has 0 aliphatic carbocycles. The number of amides is 1. The molecule has 2 aromatic heterocycles. The second-order valence-corrected chi connectivity index (χ2v) is 6.08. The van der Waals surface area contributed by atoms with E-state index in [9.17, 15) is 37.7 Å². The van der Waals surface area contributed by atoms with Crippen LogP contribution in [0.1, 0.15) is 32.1 Å². The molecule has 0 radical (unpaired) electrons. The van der Waals surface area contributed by atoms with Crippen molar-refractivity contribution in [2.45, 2.75) is 33.1 Å². The van der Waals surface area contributed by atoms with E-state index in [1.807, 2.05) is 0 Å². The highest BCUT2D eigenvalue weighted by Crippen LogP contribution is 2.23. The molecule has 2 aromatic rings. The summed E-state index contributed by atoms with van der Waals surface area (Å²) >= 11 is 0. The first-order chi connectivity index (χ1) is 12.8. The third kappa shape index (κ3) is 4.27. The van der Waals surface area contributed by atoms with Crippen LogP contribution in [0.5, 0.6) is 0 Å². The molecule has 2 heterocycles. The number of carbonyl (C=O) groups excluding carboxylic acids is 2. The zero-order valence-corrected chi connectivity index (χ0v) is 14.7. The number of aromatic nitrogens is 2. The Morgan fingerprint density at radius 1 is 1.21 bits per heavy atom. The molecular formula is C16H15F3N4O5. The highest BCUT2D eigenvalue weighted by molar-refractivity contribution is 5.97. The molecule has 2 rings (SSSR count). The lowest BCUT2D eigenvalue weighted by molar-refractivity contribution is -0.385. The monoisotopic (exact) mass is 400 g/mol. The second kappa shape index (κ2) is 7.29. The number of hydrogen-bond donors (Lipinski definition) is 1. The molecule has 0 fully saturated rings. The number of carbonyl (C=O) groups is 2. The Labute approximate surface area is 155 Å². The van der Waals surface area contributed by atoms with E-state index in [0.29, 0.717) is 10.6 Å². The highest BCUT2D eigenvalue weighted by Gasteiger charge is 2.30. The van der Waals surface area contributed by atoms with Crippen molar-refractivity contribution in [3.05, 3.63) is 61.3 Å². The molecule has 0 saturated carbocycles. The summed E-state index contributed by atoms with van der Waals surface area (Å²) < 4.78 is 39.6. The lowest BCUT2D eigenvalue weighted by Crippen LogP contribution is -2.31. The number of hydrogen-bond acceptors (Lipinski definition) is 5. The molecule has 0 saturated heterocycles. The predicted molar refractivity (Wildman–Crippen MR) is 90.2 cm³/mol. The van der Waals surface area contributed by atoms with E-state index in [2.05, 4.69) is 0 Å². The van der Waals surface area contributed by atoms with Crippen LogP contribution >= 0.6 is 0 Å². The molecule has 0 unspecified atom stereocenters. The van der Waals surface area contributed by atoms with E-state index in [0.717, 1.165) is 10.8 Å². The van der Waals surface area contributed by atoms with Gasteiger partial charge in [0.05, 0.1) is 17.7 Å². The number of aryl methyl sites for hydroxylation is 1. The maximum atomic E-state index is 12.7. The van der Waals surface area contributed by atoms with Crippen LogP contribution in [0.3, 0.4) is 0 Å². The fourth-order valence-corrected chi connectivity index (χ4v) is 2.76. The third-order valence-electron chi connectivity index (χ3n) is 4.07. The van der Waals surface area contributed by atoms with Crippen LogP contribution in [0.25, 0.3) is 0 Å². The second-order valence-electron chi connectivity index (χ2n) is 6.08. The standard InChI is InChI=1S/C16H15F3N4O5/c1-8-3-11(9(2)22(8)7-16(17,18)19)13(24)6-21-5-10(23(27)28)4-12(14(20)25)15(21)26/h3-5H,6-7H2,1-2H3,(H2,20,25). The summed E-state index contributed by atoms with van der Waals surface area (Å²) in [4.78, 5) is 46.2. The van der Waals surface area contributed by atoms with E-state index in [1.54, 1.807) is 0 Å². The summed E-state index contributed by atoms with van der Waals surface area (Å²) in [6.07, 6.45) is -3.73. The van der Waals surface area contributed by atoms with Gasteiger partial charge in [-0.3, -0.25) is 24.5 Å². The van der Waals surface area contributed by atoms with Gasteiger partial charge in [0.2, 0.25) is 0 Å². The molecule has 1 amide bonds. The molecule has 2 N–H and O–H groups in total. The molecule has 150 valence electrons. The highest BCUT2D eigenvalue weighted by atomic mass is 19.4. The van der Waals surface area contributed by atoms with E-state index >= 15 is 0 Å². The van der Waals surface area contributed by atoms with E-state index in [-0.39, 0.29) is 17.0 Å². The minimum absolute atomic E-state index is 0.0356. The number of pyridine rings is 1. The zero-order valence-electron chi connectivity index (χ0n) is 14.7. The van der Waals surface area contributed by atoms with Crippen molar-refractivity contribution in [3.63, 3.8) is 0 Å². The third-order valence-corrected chi connectivity index (χ3v) is 4.07. The van der Waals surface area contributed by atoms with E-state index in [1.165, 1.54) is 19.9 Å². The summed E-state index contributed by atoms with van der Waals surface area (Å²) in [5, 5.41) is 11.0. The van der Waals surface area contributed by atoms with Crippen LogP contribution in [0.4, 0.5) is 18.9 Å². The number of ketones is 1. The summed E-state index contributed by atoms with van der Waals surface area (Å²) in [5.74, 6) is -1.96. The number of primary amides is 1. The van der Waals surface area contributed by atoms with Crippen LogP contribution in [0.15, 0.2) is 23.1 Å². The van der Waals surface area contributed by atoms with Crippen LogP contribution in [0, 0.1) is 24.0 Å². The Kier molecular flexibility index (Phi) is 5.43. The number of rotatable bonds is 6. The van der Waals surface area contributed by atoms with Gasteiger partial charge in [0.15, 0.2) is 5.78 Å². The molecule has 0 spiro atoms. The minimum atomic E-state index is -4.50. The summed E-state index contributed by atoms with van der Waals surface area (Å²) in [5.41, 5.74) is 2.85. The summed E-state index contributed by atoms with van der Waals surface area (Å²) in [6, 6.07) is 1.93. The van der Waals surface area contributed by atoms with Crippen molar-refractivity contribution in [1.29, 1.82) is 0 Å². The van der Waals surface area contributed by atoms with Gasteiger partial charge in [-0.05, 0) is 19.9 Å². The van der Waals surface area contributed by atoms with Crippen molar-refractivity contribution in [3.8, 4) is 0 Å². The van der Waals surface area contributed by atoms with Gasteiger partial charge in [0, 0.05) is 23.0 Å². The largest absolute Gasteiger partial charge is 0.406 e. The first-order valence-electron chi connectivity index (χ1n) is 7.77. The average molecular weight is 400 g/mol. The van der Waals surface area contributed by atoms with Crippen molar-refractivity contribution in [2.75, 3.05) is 0 Å². The van der Waals surface area contributed by atoms with Gasteiger partial charge < -0.3 is 14.9 Å². The number of Topliss-reactive ketones (excluding diaryl/α,β-unsaturated/α-hetero) is 1. The molecule has 0 aromatic carbocycles. The zero-order chi connectivity index (χ0) is 21.4. The van der Waals surface area contributed by atoms with Crippen molar-refractivity contribution < 1.29 is 27.7 Å². The fourth-order valence-electron chi connectivity index (χ4n) is 2.76. The molecule has 0 aliphatic heterocycles. The van der Waals surface area contributed by atoms with E-state index in [4.69, 9.17) is 5.73 Å². The van der Waals surface area contributed by atoms with Gasteiger partial charge in [0.25, 0.3) is 17.2 Å². The molecule has 0 atom stereocenters. The average Bonchev–Trinajstić information content (AvgIpc) is 2.83. The predicted octanol–water partition coefficient (Wildman–Crippen LogP) is 1.72. The number of nitro groups is 1.